The van der Waals surface area contributed by atoms with E-state index in [9.17, 15) is 0 Å². The van der Waals surface area contributed by atoms with Crippen LogP contribution >= 0.6 is 11.6 Å². The van der Waals surface area contributed by atoms with Crippen molar-refractivity contribution in [2.24, 2.45) is 0 Å². The molecule has 0 saturated heterocycles. The van der Waals surface area contributed by atoms with Crippen LogP contribution in [0.2, 0.25) is 5.02 Å². The van der Waals surface area contributed by atoms with Gasteiger partial charge in [-0.3, -0.25) is 0 Å². The Morgan fingerprint density at radius 1 is 1.31 bits per heavy atom. The molecule has 3 nitrogen and oxygen atoms in total. The summed E-state index contributed by atoms with van der Waals surface area (Å²) in [6, 6.07) is 5.23. The molecule has 0 fully saturated rings. The molecule has 0 unspecified atom stereocenters. The van der Waals surface area contributed by atoms with E-state index in [2.05, 4.69) is 0 Å². The Balaban J connectivity index is 3.39. The molecule has 0 atom stereocenters. The van der Waals surface area contributed by atoms with E-state index in [1.165, 1.54) is 14.2 Å². The van der Waals surface area contributed by atoms with E-state index in [4.69, 9.17) is 26.3 Å². The fraction of sp³-hybridized carbons (Fsp3) is 0.222. The van der Waals surface area contributed by atoms with Gasteiger partial charge in [-0.2, -0.15) is 5.26 Å². The van der Waals surface area contributed by atoms with Gasteiger partial charge in [-0.05, 0) is 12.1 Å². The molecule has 0 aliphatic rings. The molecule has 68 valence electrons. The number of hydrogen-bond acceptors (Lipinski definition) is 3. The van der Waals surface area contributed by atoms with E-state index in [0.717, 1.165) is 0 Å². The Hall–Kier alpha value is -1.40. The molecule has 0 heterocycles. The lowest BCUT2D eigenvalue weighted by atomic mass is 10.2. The van der Waals surface area contributed by atoms with Crippen molar-refractivity contribution < 1.29 is 9.47 Å². The van der Waals surface area contributed by atoms with Crippen LogP contribution in [0.25, 0.3) is 0 Å². The van der Waals surface area contributed by atoms with Crippen molar-refractivity contribution in [3.8, 4) is 17.6 Å². The van der Waals surface area contributed by atoms with E-state index in [1.807, 2.05) is 6.07 Å². The van der Waals surface area contributed by atoms with Gasteiger partial charge in [0.1, 0.15) is 17.4 Å². The Morgan fingerprint density at radius 2 is 2.00 bits per heavy atom. The summed E-state index contributed by atoms with van der Waals surface area (Å²) >= 11 is 5.81. The first-order valence-electron chi connectivity index (χ1n) is 3.55. The van der Waals surface area contributed by atoms with Gasteiger partial charge in [0.25, 0.3) is 0 Å². The van der Waals surface area contributed by atoms with Crippen LogP contribution in [-0.2, 0) is 0 Å². The Bertz CT molecular complexity index is 357. The Kier molecular flexibility index (Phi) is 2.99. The van der Waals surface area contributed by atoms with Crippen LogP contribution in [0, 0.1) is 11.3 Å². The zero-order chi connectivity index (χ0) is 9.84. The van der Waals surface area contributed by atoms with Crippen molar-refractivity contribution in [1.29, 1.82) is 5.26 Å². The molecule has 0 amide bonds. The first-order chi connectivity index (χ1) is 6.24. The van der Waals surface area contributed by atoms with Gasteiger partial charge in [-0.1, -0.05) is 11.6 Å². The minimum atomic E-state index is 0.317. The lowest BCUT2D eigenvalue weighted by molar-refractivity contribution is 0.392. The minimum Gasteiger partial charge on any atom is -0.495 e. The molecule has 13 heavy (non-hydrogen) atoms. The third kappa shape index (κ3) is 1.68. The van der Waals surface area contributed by atoms with Crippen molar-refractivity contribution in [2.75, 3.05) is 14.2 Å². The van der Waals surface area contributed by atoms with Gasteiger partial charge >= 0.3 is 0 Å². The molecule has 0 saturated carbocycles. The molecule has 0 aromatic heterocycles. The van der Waals surface area contributed by atoms with E-state index in [1.54, 1.807) is 12.1 Å². The average molecular weight is 198 g/mol. The van der Waals surface area contributed by atoms with E-state index in [0.29, 0.717) is 22.1 Å². The maximum atomic E-state index is 8.82. The van der Waals surface area contributed by atoms with Gasteiger partial charge in [0.15, 0.2) is 5.75 Å². The molecule has 1 aromatic carbocycles. The summed E-state index contributed by atoms with van der Waals surface area (Å²) in [5, 5.41) is 9.22. The van der Waals surface area contributed by atoms with Gasteiger partial charge in [-0.25, -0.2) is 0 Å². The third-order valence-electron chi connectivity index (χ3n) is 1.61. The van der Waals surface area contributed by atoms with Crippen LogP contribution in [0.4, 0.5) is 0 Å². The van der Waals surface area contributed by atoms with E-state index in [-0.39, 0.29) is 0 Å². The smallest absolute Gasteiger partial charge is 0.158 e. The summed E-state index contributed by atoms with van der Waals surface area (Å²) in [7, 11) is 2.95. The maximum absolute atomic E-state index is 8.82. The topological polar surface area (TPSA) is 42.2 Å². The SMILES string of the molecule is COc1ccc(Cl)c(OC)c1C#N. The summed E-state index contributed by atoms with van der Waals surface area (Å²) in [4.78, 5) is 0. The summed E-state index contributed by atoms with van der Waals surface area (Å²) in [5.74, 6) is 0.812. The summed E-state index contributed by atoms with van der Waals surface area (Å²) < 4.78 is 9.95. The number of rotatable bonds is 2. The number of methoxy groups -OCH3 is 2. The molecule has 0 radical (unpaired) electrons. The number of nitrogens with zero attached hydrogens (tertiary/aromatic N) is 1. The molecule has 0 N–H and O–H groups in total. The second kappa shape index (κ2) is 4.01. The van der Waals surface area contributed by atoms with Crippen LogP contribution in [0.3, 0.4) is 0 Å². The van der Waals surface area contributed by atoms with Gasteiger partial charge < -0.3 is 9.47 Å². The Morgan fingerprint density at radius 3 is 2.46 bits per heavy atom. The third-order valence-corrected chi connectivity index (χ3v) is 1.90. The van der Waals surface area contributed by atoms with Gasteiger partial charge in [0, 0.05) is 0 Å². The second-order valence-corrected chi connectivity index (χ2v) is 2.68. The van der Waals surface area contributed by atoms with Crippen LogP contribution in [0.15, 0.2) is 12.1 Å². The molecular weight excluding hydrogens is 190 g/mol. The predicted octanol–water partition coefficient (Wildman–Crippen LogP) is 2.23. The molecule has 0 bridgehead atoms. The molecule has 0 spiro atoms. The standard InChI is InChI=1S/C9H8ClNO2/c1-12-8-4-3-7(10)9(13-2)6(8)5-11/h3-4H,1-2H3. The average Bonchev–Trinajstić information content (AvgIpc) is 2.17. The monoisotopic (exact) mass is 197 g/mol. The quantitative estimate of drug-likeness (QED) is 0.730. The van der Waals surface area contributed by atoms with Gasteiger partial charge in [0.2, 0.25) is 0 Å². The van der Waals surface area contributed by atoms with Crippen molar-refractivity contribution in [3.63, 3.8) is 0 Å². The lowest BCUT2D eigenvalue weighted by Gasteiger charge is -2.08. The molecule has 1 aromatic rings. The molecular formula is C9H8ClNO2. The highest BCUT2D eigenvalue weighted by molar-refractivity contribution is 6.32. The highest BCUT2D eigenvalue weighted by Gasteiger charge is 2.12. The number of halogens is 1. The van der Waals surface area contributed by atoms with Crippen molar-refractivity contribution in [2.45, 2.75) is 0 Å². The number of benzene rings is 1. The van der Waals surface area contributed by atoms with Crippen molar-refractivity contribution in [3.05, 3.63) is 22.7 Å². The zero-order valence-corrected chi connectivity index (χ0v) is 8.05. The van der Waals surface area contributed by atoms with Crippen LogP contribution in [0.5, 0.6) is 11.5 Å². The van der Waals surface area contributed by atoms with Crippen molar-refractivity contribution in [1.82, 2.24) is 0 Å². The van der Waals surface area contributed by atoms with E-state index < -0.39 is 0 Å². The Labute approximate surface area is 81.4 Å². The van der Waals surface area contributed by atoms with Crippen molar-refractivity contribution >= 4 is 11.6 Å². The molecule has 4 heteroatoms. The first-order valence-corrected chi connectivity index (χ1v) is 3.93. The second-order valence-electron chi connectivity index (χ2n) is 2.27. The largest absolute Gasteiger partial charge is 0.495 e. The first kappa shape index (κ1) is 9.69. The summed E-state index contributed by atoms with van der Waals surface area (Å²) in [5.41, 5.74) is 0.317. The highest BCUT2D eigenvalue weighted by atomic mass is 35.5. The fourth-order valence-electron chi connectivity index (χ4n) is 1.01. The summed E-state index contributed by atoms with van der Waals surface area (Å²) in [6.07, 6.45) is 0. The number of nitriles is 1. The minimum absolute atomic E-state index is 0.317. The maximum Gasteiger partial charge on any atom is 0.158 e. The zero-order valence-electron chi connectivity index (χ0n) is 7.30. The number of hydrogen-bond donors (Lipinski definition) is 0. The lowest BCUT2D eigenvalue weighted by Crippen LogP contribution is -1.93. The number of ether oxygens (including phenoxy) is 2. The molecule has 0 aliphatic heterocycles. The van der Waals surface area contributed by atoms with Gasteiger partial charge in [0.05, 0.1) is 19.2 Å². The van der Waals surface area contributed by atoms with Crippen LogP contribution in [-0.4, -0.2) is 14.2 Å². The normalized spacial score (nSPS) is 9.08. The summed E-state index contributed by atoms with van der Waals surface area (Å²) in [6.45, 7) is 0. The highest BCUT2D eigenvalue weighted by Crippen LogP contribution is 2.34. The predicted molar refractivity (Wildman–Crippen MR) is 49.3 cm³/mol. The molecule has 0 aliphatic carbocycles. The fourth-order valence-corrected chi connectivity index (χ4v) is 1.25. The van der Waals surface area contributed by atoms with Gasteiger partial charge in [-0.15, -0.1) is 0 Å². The van der Waals surface area contributed by atoms with Crippen LogP contribution in [0.1, 0.15) is 5.56 Å². The van der Waals surface area contributed by atoms with E-state index >= 15 is 0 Å². The molecule has 1 rings (SSSR count). The van der Waals surface area contributed by atoms with Crippen LogP contribution < -0.4 is 9.47 Å².